The van der Waals surface area contributed by atoms with Gasteiger partial charge in [-0.15, -0.1) is 0 Å². The molecular weight excluding hydrogens is 310 g/mol. The van der Waals surface area contributed by atoms with Crippen molar-refractivity contribution in [3.05, 3.63) is 81.9 Å². The Labute approximate surface area is 148 Å². The highest BCUT2D eigenvalue weighted by molar-refractivity contribution is 6.14. The Morgan fingerprint density at radius 1 is 0.760 bits per heavy atom. The number of rotatable bonds is 4. The number of Topliss-reactive ketones (excluding diaryl/α,β-unsaturated/α-hetero) is 1. The zero-order valence-electron chi connectivity index (χ0n) is 14.2. The lowest BCUT2D eigenvalue weighted by molar-refractivity contribution is -0.112. The molecule has 0 aliphatic carbocycles. The second kappa shape index (κ2) is 8.03. The number of ketones is 1. The summed E-state index contributed by atoms with van der Waals surface area (Å²) >= 11 is 0. The van der Waals surface area contributed by atoms with Crippen molar-refractivity contribution in [2.75, 3.05) is 13.1 Å². The molecule has 0 atom stereocenters. The monoisotopic (exact) mass is 333 g/mol. The molecule has 0 radical (unpaired) electrons. The minimum atomic E-state index is 0.101. The van der Waals surface area contributed by atoms with E-state index in [0.29, 0.717) is 26.2 Å². The van der Waals surface area contributed by atoms with E-state index in [1.54, 1.807) is 0 Å². The minimum Gasteiger partial charge on any atom is -0.326 e. The summed E-state index contributed by atoms with van der Waals surface area (Å²) < 4.78 is 0. The van der Waals surface area contributed by atoms with Gasteiger partial charge in [0, 0.05) is 37.3 Å². The molecule has 25 heavy (non-hydrogen) atoms. The van der Waals surface area contributed by atoms with E-state index >= 15 is 0 Å². The van der Waals surface area contributed by atoms with E-state index in [9.17, 15) is 4.79 Å². The van der Waals surface area contributed by atoms with Crippen molar-refractivity contribution in [3.63, 3.8) is 0 Å². The zero-order chi connectivity index (χ0) is 17.6. The van der Waals surface area contributed by atoms with Gasteiger partial charge in [-0.05, 0) is 34.4 Å². The lowest BCUT2D eigenvalue weighted by Gasteiger charge is -2.18. The number of nitrogens with one attached hydrogen (secondary N) is 1. The Morgan fingerprint density at radius 3 is 1.52 bits per heavy atom. The molecule has 0 spiro atoms. The van der Waals surface area contributed by atoms with Crippen LogP contribution in [0.3, 0.4) is 0 Å². The smallest absolute Gasteiger partial charge is 0.187 e. The molecule has 3 rings (SSSR count). The molecule has 1 aliphatic heterocycles. The van der Waals surface area contributed by atoms with Gasteiger partial charge in [-0.1, -0.05) is 48.5 Å². The van der Waals surface area contributed by atoms with Gasteiger partial charge < -0.3 is 16.8 Å². The van der Waals surface area contributed by atoms with Gasteiger partial charge in [-0.2, -0.15) is 0 Å². The number of hydrogen-bond donors (Lipinski definition) is 3. The van der Waals surface area contributed by atoms with Crippen molar-refractivity contribution in [2.45, 2.75) is 13.1 Å². The van der Waals surface area contributed by atoms with Crippen molar-refractivity contribution < 1.29 is 4.79 Å². The first-order valence-corrected chi connectivity index (χ1v) is 8.44. The van der Waals surface area contributed by atoms with Gasteiger partial charge >= 0.3 is 0 Å². The van der Waals surface area contributed by atoms with Crippen molar-refractivity contribution in [1.29, 1.82) is 0 Å². The van der Waals surface area contributed by atoms with Crippen molar-refractivity contribution in [2.24, 2.45) is 11.5 Å². The molecule has 1 aliphatic rings. The largest absolute Gasteiger partial charge is 0.326 e. The maximum absolute atomic E-state index is 12.8. The number of carbonyl (C=O) groups is 1. The molecule has 4 heteroatoms. The zero-order valence-corrected chi connectivity index (χ0v) is 14.2. The van der Waals surface area contributed by atoms with Gasteiger partial charge in [0.1, 0.15) is 0 Å². The molecule has 0 saturated carbocycles. The van der Waals surface area contributed by atoms with Crippen LogP contribution in [0.1, 0.15) is 22.3 Å². The fourth-order valence-corrected chi connectivity index (χ4v) is 2.83. The SMILES string of the molecule is NCc1ccc(C=C2CNCC(=Cc3ccc(CN)cc3)C2=O)cc1. The third-order valence-electron chi connectivity index (χ3n) is 4.33. The lowest BCUT2D eigenvalue weighted by Crippen LogP contribution is -2.32. The van der Waals surface area contributed by atoms with E-state index < -0.39 is 0 Å². The van der Waals surface area contributed by atoms with Crippen LogP contribution >= 0.6 is 0 Å². The van der Waals surface area contributed by atoms with Gasteiger partial charge in [0.2, 0.25) is 0 Å². The summed E-state index contributed by atoms with van der Waals surface area (Å²) in [5, 5.41) is 3.30. The number of carbonyl (C=O) groups excluding carboxylic acids is 1. The molecule has 1 saturated heterocycles. The highest BCUT2D eigenvalue weighted by Crippen LogP contribution is 2.18. The third kappa shape index (κ3) is 4.31. The van der Waals surface area contributed by atoms with Crippen LogP contribution in [0.2, 0.25) is 0 Å². The predicted octanol–water partition coefficient (Wildman–Crippen LogP) is 2.24. The van der Waals surface area contributed by atoms with Crippen LogP contribution in [0.4, 0.5) is 0 Å². The topological polar surface area (TPSA) is 81.1 Å². The van der Waals surface area contributed by atoms with E-state index in [0.717, 1.165) is 33.4 Å². The van der Waals surface area contributed by atoms with Crippen LogP contribution in [0.25, 0.3) is 12.2 Å². The summed E-state index contributed by atoms with van der Waals surface area (Å²) in [4.78, 5) is 12.8. The molecule has 0 aromatic heterocycles. The standard InChI is InChI=1S/C21H23N3O/c22-11-17-5-1-15(2-6-17)9-19-13-24-14-20(21(19)25)10-16-3-7-18(12-23)8-4-16/h1-10,24H,11-14,22-23H2. The number of benzene rings is 2. The lowest BCUT2D eigenvalue weighted by atomic mass is 9.95. The highest BCUT2D eigenvalue weighted by atomic mass is 16.1. The van der Waals surface area contributed by atoms with Crippen LogP contribution in [-0.4, -0.2) is 18.9 Å². The Balaban J connectivity index is 1.81. The summed E-state index contributed by atoms with van der Waals surface area (Å²) in [5.74, 6) is 0.101. The fraction of sp³-hybridized carbons (Fsp3) is 0.190. The summed E-state index contributed by atoms with van der Waals surface area (Å²) in [6.45, 7) is 2.21. The summed E-state index contributed by atoms with van der Waals surface area (Å²) in [5.41, 5.74) is 17.0. The molecule has 128 valence electrons. The van der Waals surface area contributed by atoms with Crippen molar-refractivity contribution >= 4 is 17.9 Å². The molecule has 0 amide bonds. The van der Waals surface area contributed by atoms with Crippen LogP contribution in [0, 0.1) is 0 Å². The first-order chi connectivity index (χ1) is 12.2. The molecule has 5 N–H and O–H groups in total. The Bertz CT molecular complexity index is 735. The van der Waals surface area contributed by atoms with Crippen LogP contribution in [-0.2, 0) is 17.9 Å². The Hall–Kier alpha value is -2.53. The van der Waals surface area contributed by atoms with Crippen molar-refractivity contribution in [1.82, 2.24) is 5.32 Å². The quantitative estimate of drug-likeness (QED) is 0.750. The molecule has 2 aromatic rings. The number of hydrogen-bond acceptors (Lipinski definition) is 4. The van der Waals surface area contributed by atoms with Gasteiger partial charge in [-0.25, -0.2) is 0 Å². The maximum atomic E-state index is 12.8. The molecule has 2 aromatic carbocycles. The molecule has 4 nitrogen and oxygen atoms in total. The Morgan fingerprint density at radius 2 is 1.16 bits per heavy atom. The molecule has 1 fully saturated rings. The predicted molar refractivity (Wildman–Crippen MR) is 102 cm³/mol. The molecular formula is C21H23N3O. The second-order valence-electron chi connectivity index (χ2n) is 6.16. The van der Waals surface area contributed by atoms with Gasteiger partial charge in [0.25, 0.3) is 0 Å². The van der Waals surface area contributed by atoms with E-state index in [-0.39, 0.29) is 5.78 Å². The normalized spacial score (nSPS) is 18.1. The maximum Gasteiger partial charge on any atom is 0.187 e. The number of piperidine rings is 1. The van der Waals surface area contributed by atoms with E-state index in [1.807, 2.05) is 60.7 Å². The van der Waals surface area contributed by atoms with E-state index in [4.69, 9.17) is 11.5 Å². The van der Waals surface area contributed by atoms with Crippen LogP contribution in [0.5, 0.6) is 0 Å². The fourth-order valence-electron chi connectivity index (χ4n) is 2.83. The number of nitrogens with two attached hydrogens (primary N) is 2. The van der Waals surface area contributed by atoms with Gasteiger partial charge in [-0.3, -0.25) is 4.79 Å². The second-order valence-corrected chi connectivity index (χ2v) is 6.16. The minimum absolute atomic E-state index is 0.101. The molecule has 0 bridgehead atoms. The summed E-state index contributed by atoms with van der Waals surface area (Å²) in [6.07, 6.45) is 3.89. The van der Waals surface area contributed by atoms with Crippen molar-refractivity contribution in [3.8, 4) is 0 Å². The van der Waals surface area contributed by atoms with Gasteiger partial charge in [0.15, 0.2) is 5.78 Å². The molecule has 1 heterocycles. The first-order valence-electron chi connectivity index (χ1n) is 8.44. The third-order valence-corrected chi connectivity index (χ3v) is 4.33. The van der Waals surface area contributed by atoms with E-state index in [2.05, 4.69) is 5.32 Å². The highest BCUT2D eigenvalue weighted by Gasteiger charge is 2.20. The molecule has 0 unspecified atom stereocenters. The van der Waals surface area contributed by atoms with Gasteiger partial charge in [0.05, 0.1) is 0 Å². The summed E-state index contributed by atoms with van der Waals surface area (Å²) in [7, 11) is 0. The van der Waals surface area contributed by atoms with Crippen LogP contribution in [0.15, 0.2) is 59.7 Å². The van der Waals surface area contributed by atoms with Crippen LogP contribution < -0.4 is 16.8 Å². The Kier molecular flexibility index (Phi) is 5.56. The van der Waals surface area contributed by atoms with E-state index in [1.165, 1.54) is 0 Å². The average molecular weight is 333 g/mol. The first kappa shape index (κ1) is 17.3. The average Bonchev–Trinajstić information content (AvgIpc) is 2.66. The summed E-state index contributed by atoms with van der Waals surface area (Å²) in [6, 6.07) is 15.9.